The third-order valence-corrected chi connectivity index (χ3v) is 6.42. The van der Waals surface area contributed by atoms with Crippen molar-refractivity contribution in [3.63, 3.8) is 0 Å². The molecule has 0 aliphatic carbocycles. The molecule has 1 aromatic rings. The topological polar surface area (TPSA) is 67.5 Å². The van der Waals surface area contributed by atoms with Crippen LogP contribution in [-0.2, 0) is 14.8 Å². The molecular formula is C18H34N4O3S+2. The molecular weight excluding hydrogens is 352 g/mol. The highest BCUT2D eigenvalue weighted by Gasteiger charge is 2.30. The molecule has 1 atom stereocenters. The molecule has 148 valence electrons. The lowest BCUT2D eigenvalue weighted by Crippen LogP contribution is -3.27. The van der Waals surface area contributed by atoms with E-state index in [1.807, 2.05) is 14.1 Å². The Labute approximate surface area is 158 Å². The van der Waals surface area contributed by atoms with Crippen molar-refractivity contribution in [1.82, 2.24) is 4.72 Å². The second-order valence-electron chi connectivity index (χ2n) is 7.31. The van der Waals surface area contributed by atoms with Crippen LogP contribution in [-0.4, -0.2) is 81.8 Å². The van der Waals surface area contributed by atoms with E-state index in [1.165, 1.54) is 22.5 Å². The quantitative estimate of drug-likeness (QED) is 0.450. The molecule has 7 nitrogen and oxygen atoms in total. The number of ether oxygens (including phenoxy) is 1. The van der Waals surface area contributed by atoms with Gasteiger partial charge in [0.05, 0.1) is 26.0 Å². The molecule has 3 N–H and O–H groups in total. The van der Waals surface area contributed by atoms with Gasteiger partial charge < -0.3 is 19.4 Å². The minimum absolute atomic E-state index is 0.00198. The number of anilines is 1. The van der Waals surface area contributed by atoms with Gasteiger partial charge in [0.15, 0.2) is 0 Å². The molecule has 1 aliphatic rings. The van der Waals surface area contributed by atoms with Gasteiger partial charge in [-0.1, -0.05) is 12.1 Å². The highest BCUT2D eigenvalue weighted by molar-refractivity contribution is 7.89. The van der Waals surface area contributed by atoms with Crippen LogP contribution in [0.5, 0.6) is 0 Å². The van der Waals surface area contributed by atoms with Crippen molar-refractivity contribution in [3.8, 4) is 0 Å². The van der Waals surface area contributed by atoms with Crippen LogP contribution in [0.15, 0.2) is 24.3 Å². The van der Waals surface area contributed by atoms with Gasteiger partial charge in [-0.2, -0.15) is 0 Å². The number of likely N-dealkylation sites (N-methyl/N-ethyl adjacent to an activating group) is 1. The second kappa shape index (κ2) is 9.66. The third-order valence-electron chi connectivity index (χ3n) is 5.11. The van der Waals surface area contributed by atoms with Crippen molar-refractivity contribution in [2.24, 2.45) is 0 Å². The summed E-state index contributed by atoms with van der Waals surface area (Å²) in [7, 11) is 4.45. The lowest BCUT2D eigenvalue weighted by atomic mass is 10.0. The number of hydrogen-bond donors (Lipinski definition) is 3. The maximum absolute atomic E-state index is 12.2. The first-order valence-corrected chi connectivity index (χ1v) is 10.9. The number of sulfonamides is 1. The minimum atomic E-state index is -3.32. The van der Waals surface area contributed by atoms with Gasteiger partial charge in [-0.25, -0.2) is 13.1 Å². The van der Waals surface area contributed by atoms with Crippen molar-refractivity contribution < 1.29 is 23.0 Å². The zero-order valence-corrected chi connectivity index (χ0v) is 17.2. The number of piperazine rings is 1. The monoisotopic (exact) mass is 386 g/mol. The van der Waals surface area contributed by atoms with Gasteiger partial charge >= 0.3 is 0 Å². The molecule has 1 fully saturated rings. The van der Waals surface area contributed by atoms with Crippen molar-refractivity contribution >= 4 is 15.7 Å². The zero-order chi connectivity index (χ0) is 19.2. The van der Waals surface area contributed by atoms with Crippen molar-refractivity contribution in [1.29, 1.82) is 0 Å². The van der Waals surface area contributed by atoms with Crippen molar-refractivity contribution in [2.45, 2.75) is 6.04 Å². The molecule has 0 unspecified atom stereocenters. The molecule has 0 aromatic heterocycles. The summed E-state index contributed by atoms with van der Waals surface area (Å²) in [5.41, 5.74) is 2.32. The first-order valence-electron chi connectivity index (χ1n) is 9.22. The van der Waals surface area contributed by atoms with Crippen LogP contribution >= 0.6 is 0 Å². The SMILES string of the molecule is COCCS(=O)(=O)NC[C@@H](c1ccc(N(C)C)cc1)[NH+]1CC[NH+](C)CC1. The molecule has 1 aromatic carbocycles. The number of hydrogen-bond acceptors (Lipinski definition) is 4. The minimum Gasteiger partial charge on any atom is -0.384 e. The third kappa shape index (κ3) is 6.21. The van der Waals surface area contributed by atoms with E-state index in [4.69, 9.17) is 4.74 Å². The smallest absolute Gasteiger partial charge is 0.214 e. The lowest BCUT2D eigenvalue weighted by molar-refractivity contribution is -1.02. The molecule has 26 heavy (non-hydrogen) atoms. The van der Waals surface area contributed by atoms with Crippen LogP contribution in [0.25, 0.3) is 0 Å². The van der Waals surface area contributed by atoms with Gasteiger partial charge in [-0.15, -0.1) is 0 Å². The summed E-state index contributed by atoms with van der Waals surface area (Å²) < 4.78 is 32.1. The average Bonchev–Trinajstić information content (AvgIpc) is 2.62. The van der Waals surface area contributed by atoms with Gasteiger partial charge in [-0.3, -0.25) is 0 Å². The van der Waals surface area contributed by atoms with Crippen LogP contribution in [0.1, 0.15) is 11.6 Å². The normalized spacial score (nSPS) is 22.2. The molecule has 0 saturated carbocycles. The standard InChI is InChI=1S/C18H32N4O3S/c1-20(2)17-7-5-16(6-8-17)18(22-11-9-21(3)10-12-22)15-19-26(23,24)14-13-25-4/h5-8,18-19H,9-15H2,1-4H3/p+2/t18-/m0/s1. The maximum Gasteiger partial charge on any atom is 0.214 e. The predicted molar refractivity (Wildman–Crippen MR) is 104 cm³/mol. The average molecular weight is 387 g/mol. The molecule has 0 spiro atoms. The Morgan fingerprint density at radius 2 is 1.77 bits per heavy atom. The van der Waals surface area contributed by atoms with E-state index in [9.17, 15) is 8.42 Å². The summed E-state index contributed by atoms with van der Waals surface area (Å²) in [5, 5.41) is 0. The summed E-state index contributed by atoms with van der Waals surface area (Å²) in [6, 6.07) is 8.57. The Balaban J connectivity index is 2.13. The van der Waals surface area contributed by atoms with Crippen LogP contribution < -0.4 is 19.4 Å². The van der Waals surface area contributed by atoms with Gasteiger partial charge in [0.1, 0.15) is 32.2 Å². The number of methoxy groups -OCH3 is 1. The Morgan fingerprint density at radius 1 is 1.15 bits per heavy atom. The van der Waals surface area contributed by atoms with E-state index >= 15 is 0 Å². The molecule has 1 heterocycles. The summed E-state index contributed by atoms with van der Waals surface area (Å²) >= 11 is 0. The molecule has 0 bridgehead atoms. The van der Waals surface area contributed by atoms with Crippen LogP contribution in [0.3, 0.4) is 0 Å². The molecule has 1 aliphatic heterocycles. The van der Waals surface area contributed by atoms with Crippen molar-refractivity contribution in [2.75, 3.05) is 78.2 Å². The number of quaternary nitrogens is 2. The summed E-state index contributed by atoms with van der Waals surface area (Å²) in [6.45, 7) is 4.94. The Morgan fingerprint density at radius 3 is 2.31 bits per heavy atom. The highest BCUT2D eigenvalue weighted by Crippen LogP contribution is 2.16. The fourth-order valence-electron chi connectivity index (χ4n) is 3.32. The molecule has 0 amide bonds. The largest absolute Gasteiger partial charge is 0.384 e. The summed E-state index contributed by atoms with van der Waals surface area (Å²) in [6.07, 6.45) is 0. The van der Waals surface area contributed by atoms with E-state index in [0.717, 1.165) is 31.9 Å². The zero-order valence-electron chi connectivity index (χ0n) is 16.4. The van der Waals surface area contributed by atoms with Crippen molar-refractivity contribution in [3.05, 3.63) is 29.8 Å². The number of nitrogens with zero attached hydrogens (tertiary/aromatic N) is 1. The Bertz CT molecular complexity index is 641. The van der Waals surface area contributed by atoms with Gasteiger partial charge in [0, 0.05) is 32.5 Å². The molecule has 1 saturated heterocycles. The fraction of sp³-hybridized carbons (Fsp3) is 0.667. The van der Waals surface area contributed by atoms with Crippen LogP contribution in [0.2, 0.25) is 0 Å². The Kier molecular flexibility index (Phi) is 7.85. The summed E-state index contributed by atoms with van der Waals surface area (Å²) in [5.74, 6) is -0.00198. The number of benzene rings is 1. The molecule has 0 radical (unpaired) electrons. The van der Waals surface area contributed by atoms with Gasteiger partial charge in [-0.05, 0) is 12.1 Å². The lowest BCUT2D eigenvalue weighted by Gasteiger charge is -2.33. The van der Waals surface area contributed by atoms with Gasteiger partial charge in [0.25, 0.3) is 0 Å². The second-order valence-corrected chi connectivity index (χ2v) is 9.24. The van der Waals surface area contributed by atoms with E-state index in [2.05, 4.69) is 40.9 Å². The number of rotatable bonds is 9. The van der Waals surface area contributed by atoms with E-state index < -0.39 is 10.0 Å². The molecule has 8 heteroatoms. The maximum atomic E-state index is 12.2. The van der Waals surface area contributed by atoms with E-state index in [0.29, 0.717) is 6.54 Å². The Hall–Kier alpha value is -1.19. The fourth-order valence-corrected chi connectivity index (χ4v) is 4.28. The first kappa shape index (κ1) is 21.1. The van der Waals surface area contributed by atoms with E-state index in [-0.39, 0.29) is 18.4 Å². The first-order chi connectivity index (χ1) is 12.3. The highest BCUT2D eigenvalue weighted by atomic mass is 32.2. The van der Waals surface area contributed by atoms with Crippen LogP contribution in [0, 0.1) is 0 Å². The molecule has 2 rings (SSSR count). The number of nitrogens with one attached hydrogen (secondary N) is 3. The predicted octanol–water partition coefficient (Wildman–Crippen LogP) is -2.23. The summed E-state index contributed by atoms with van der Waals surface area (Å²) in [4.78, 5) is 5.05. The van der Waals surface area contributed by atoms with E-state index in [1.54, 1.807) is 0 Å². The van der Waals surface area contributed by atoms with Crippen LogP contribution in [0.4, 0.5) is 5.69 Å². The van der Waals surface area contributed by atoms with Gasteiger partial charge in [0.2, 0.25) is 10.0 Å².